The van der Waals surface area contributed by atoms with Crippen molar-refractivity contribution in [3.8, 4) is 0 Å². The summed E-state index contributed by atoms with van der Waals surface area (Å²) in [7, 11) is 0. The minimum Gasteiger partial charge on any atom is -0.466 e. The fourth-order valence-corrected chi connectivity index (χ4v) is 19.0. The van der Waals surface area contributed by atoms with E-state index in [4.69, 9.17) is 15.5 Å². The quantitative estimate of drug-likeness (QED) is 0.0109. The molecule has 1 aliphatic rings. The van der Waals surface area contributed by atoms with Crippen molar-refractivity contribution in [3.05, 3.63) is 522 Å². The van der Waals surface area contributed by atoms with Crippen LogP contribution in [0.5, 0.6) is 0 Å². The number of nitrogens with one attached hydrogen (secondary N) is 1. The standard InChI is InChI=1S/C32H36N2O2.C25H24N2O.C25H22N2O.C23H18N2O.C10H15N3O.C6H13NO2.ClH/c1-3-26(16-14-15-23-31(35)36-4-2)30-24-34(25-33-30)32(27-17-8-5-9-18-27,28-19-10-6-11-20-28)29-21-12-7-13-22-29;2*1-2-24(28)23-18-27(19-26-23)25(20-12-6-3-7-13-20,21-14-8-4-9-15-21)22-16-10-5-11-17-22;26-17-22-16-25(18-24-22)23(19-10-4-1-5-11-19,20-12-6-2-7-13-20)21-14-8-3-9-15-21;1-2-9(8-6-11-7-12-8)13-5-3-4-10(13)14;1-2-9-6(8)4-3-5-7;/h5-13,17-22,24-26H,3-4,14-16,23H2,1-2H3;3-19,24,28H,2H2,1H3;3-19H,2H2,1H3;1-18H;6-7,9H,2-5H2,1H3,(H,11,12);2-5,7H2,1H3;1H. The van der Waals surface area contributed by atoms with Crippen LogP contribution in [0.3, 0.4) is 0 Å². The minimum absolute atomic E-state index is 0. The number of halogens is 1. The number of nitrogens with two attached hydrogens (primary N) is 1. The maximum absolute atomic E-state index is 12.3. The number of nitrogens with zero attached hydrogens (tertiary/aromatic N) is 10. The number of aliphatic hydroxyl groups is 1. The average Bonchev–Trinajstić information content (AvgIpc) is 1.62. The van der Waals surface area contributed by atoms with Crippen LogP contribution in [0.4, 0.5) is 0 Å². The number of imidazole rings is 5. The van der Waals surface area contributed by atoms with E-state index in [1.54, 1.807) is 38.3 Å². The van der Waals surface area contributed by atoms with E-state index >= 15 is 0 Å². The van der Waals surface area contributed by atoms with E-state index in [-0.39, 0.29) is 42.1 Å². The lowest BCUT2D eigenvalue weighted by Crippen LogP contribution is -2.37. The van der Waals surface area contributed by atoms with Crippen molar-refractivity contribution < 1.29 is 38.6 Å². The lowest BCUT2D eigenvalue weighted by molar-refractivity contribution is -0.144. The number of hydrogen-bond acceptors (Lipinski definition) is 14. The number of aldehydes is 1. The number of hydrogen-bond donors (Lipinski definition) is 3. The second-order valence-corrected chi connectivity index (χ2v) is 34.3. The first-order valence-electron chi connectivity index (χ1n) is 49.0. The number of ketones is 1. The highest BCUT2D eigenvalue weighted by molar-refractivity contribution is 5.93. The highest BCUT2D eigenvalue weighted by Gasteiger charge is 2.43. The molecule has 0 aliphatic carbocycles. The van der Waals surface area contributed by atoms with Crippen molar-refractivity contribution in [1.29, 1.82) is 0 Å². The number of esters is 2. The SMILES string of the molecule is CCC(=O)c1cn(C(c2ccccc2)(c2ccccc2)c2ccccc2)cn1.CCC(O)c1cn(C(c2ccccc2)(c2ccccc2)c2ccccc2)cn1.CCC(c1cnc[nH]1)N1CCCC1=O.CCOC(=O)CCCCC(CC)c1cn(C(c2ccccc2)(c2ccccc2)c2ccccc2)cn1.CCOC(=O)CCCN.Cl.O=Cc1cn(C(c2ccccc2)(c2ccccc2)c2ccccc2)cn1. The van der Waals surface area contributed by atoms with Crippen molar-refractivity contribution >= 4 is 42.3 Å². The summed E-state index contributed by atoms with van der Waals surface area (Å²) in [5.41, 5.74) is 20.2. The van der Waals surface area contributed by atoms with Gasteiger partial charge in [0.15, 0.2) is 12.1 Å². The van der Waals surface area contributed by atoms with Gasteiger partial charge >= 0.3 is 11.9 Å². The first-order chi connectivity index (χ1) is 69.2. The molecule has 17 aromatic rings. The first-order valence-corrected chi connectivity index (χ1v) is 49.0. The van der Waals surface area contributed by atoms with Gasteiger partial charge in [0.1, 0.15) is 33.5 Å². The molecular weight excluding hydrogens is 1780 g/mol. The maximum Gasteiger partial charge on any atom is 0.305 e. The molecule has 142 heavy (non-hydrogen) atoms. The van der Waals surface area contributed by atoms with Gasteiger partial charge in [-0.25, -0.2) is 24.9 Å². The Morgan fingerprint density at radius 3 is 1.01 bits per heavy atom. The Morgan fingerprint density at radius 1 is 0.408 bits per heavy atom. The number of carbonyl (C=O) groups is 5. The van der Waals surface area contributed by atoms with Crippen LogP contribution in [0.25, 0.3) is 0 Å². The molecule has 3 unspecified atom stereocenters. The number of carbonyl (C=O) groups excluding carboxylic acids is 5. The summed E-state index contributed by atoms with van der Waals surface area (Å²) in [4.78, 5) is 84.6. The summed E-state index contributed by atoms with van der Waals surface area (Å²) < 4.78 is 18.2. The number of ether oxygens (including phenoxy) is 2. The normalized spacial score (nSPS) is 12.3. The summed E-state index contributed by atoms with van der Waals surface area (Å²) in [5, 5.41) is 10.3. The molecule has 0 saturated carbocycles. The Bertz CT molecular complexity index is 6160. The Labute approximate surface area is 841 Å². The van der Waals surface area contributed by atoms with Crippen LogP contribution in [0.1, 0.15) is 241 Å². The van der Waals surface area contributed by atoms with Gasteiger partial charge < -0.3 is 48.5 Å². The number of Topliss-reactive ketones (excluding diaryl/α,β-unsaturated/α-hetero) is 1. The van der Waals surface area contributed by atoms with Gasteiger partial charge in [0.25, 0.3) is 0 Å². The Hall–Kier alpha value is -15.4. The second kappa shape index (κ2) is 53.7. The summed E-state index contributed by atoms with van der Waals surface area (Å²) in [6.07, 6.45) is 28.1. The van der Waals surface area contributed by atoms with Crippen LogP contribution in [0.2, 0.25) is 0 Å². The molecule has 1 fully saturated rings. The van der Waals surface area contributed by atoms with Crippen molar-refractivity contribution in [2.24, 2.45) is 5.73 Å². The minimum atomic E-state index is -0.622. The molecule has 0 radical (unpaired) electrons. The van der Waals surface area contributed by atoms with E-state index in [0.717, 1.165) is 119 Å². The molecule has 18 rings (SSSR count). The van der Waals surface area contributed by atoms with Gasteiger partial charge in [-0.05, 0) is 132 Å². The van der Waals surface area contributed by atoms with Gasteiger partial charge in [-0.15, -0.1) is 12.4 Å². The highest BCUT2D eigenvalue weighted by Crippen LogP contribution is 2.47. The van der Waals surface area contributed by atoms with Crippen molar-refractivity contribution in [2.45, 2.75) is 159 Å². The Kier molecular flexibility index (Phi) is 39.9. The number of H-pyrrole nitrogens is 1. The van der Waals surface area contributed by atoms with Gasteiger partial charge in [-0.2, -0.15) is 0 Å². The van der Waals surface area contributed by atoms with E-state index < -0.39 is 28.3 Å². The average molecular weight is 1910 g/mol. The summed E-state index contributed by atoms with van der Waals surface area (Å²) >= 11 is 0. The number of rotatable bonds is 36. The monoisotopic (exact) mass is 1910 g/mol. The number of aromatic amines is 1. The zero-order valence-electron chi connectivity index (χ0n) is 81.8. The van der Waals surface area contributed by atoms with Crippen molar-refractivity contribution in [2.75, 3.05) is 26.3 Å². The number of benzene rings is 12. The number of aromatic nitrogens is 10. The lowest BCUT2D eigenvalue weighted by atomic mass is 9.76. The van der Waals surface area contributed by atoms with Crippen LogP contribution < -0.4 is 5.73 Å². The fourth-order valence-electron chi connectivity index (χ4n) is 19.0. The Balaban J connectivity index is 0.000000158. The molecule has 728 valence electrons. The van der Waals surface area contributed by atoms with Crippen LogP contribution in [0, 0.1) is 0 Å². The maximum atomic E-state index is 12.3. The molecule has 3 atom stereocenters. The van der Waals surface area contributed by atoms with E-state index in [1.165, 1.54) is 16.7 Å². The molecule has 20 nitrogen and oxygen atoms in total. The third-order valence-electron chi connectivity index (χ3n) is 25.7. The van der Waals surface area contributed by atoms with Gasteiger partial charge in [-0.3, -0.25) is 24.0 Å². The summed E-state index contributed by atoms with van der Waals surface area (Å²) in [6, 6.07) is 126. The van der Waals surface area contributed by atoms with Crippen molar-refractivity contribution in [1.82, 2.24) is 53.1 Å². The molecule has 1 saturated heterocycles. The number of amides is 1. The van der Waals surface area contributed by atoms with E-state index in [1.807, 2.05) is 183 Å². The number of unbranched alkanes of at least 4 members (excludes halogenated alkanes) is 1. The van der Waals surface area contributed by atoms with Gasteiger partial charge in [0, 0.05) is 62.9 Å². The molecule has 4 N–H and O–H groups in total. The first kappa shape index (κ1) is 106. The van der Waals surface area contributed by atoms with Crippen LogP contribution in [-0.4, -0.2) is 114 Å². The van der Waals surface area contributed by atoms with E-state index in [0.29, 0.717) is 74.9 Å². The lowest BCUT2D eigenvalue weighted by Gasteiger charge is -2.37. The Morgan fingerprint density at radius 2 is 0.725 bits per heavy atom. The fraction of sp³-hybridized carbons (Fsp3) is 0.240. The molecule has 6 heterocycles. The van der Waals surface area contributed by atoms with E-state index in [2.05, 4.69) is 300 Å². The third-order valence-corrected chi connectivity index (χ3v) is 25.7. The summed E-state index contributed by atoms with van der Waals surface area (Å²) in [5.74, 6) is 0.401. The van der Waals surface area contributed by atoms with Crippen LogP contribution in [-0.2, 0) is 46.0 Å². The number of likely N-dealkylation sites (tertiary alicyclic amines) is 1. The van der Waals surface area contributed by atoms with Crippen LogP contribution >= 0.6 is 12.4 Å². The molecule has 0 spiro atoms. The van der Waals surface area contributed by atoms with Gasteiger partial charge in [0.2, 0.25) is 5.91 Å². The number of aliphatic hydroxyl groups excluding tert-OH is 1. The smallest absolute Gasteiger partial charge is 0.305 e. The van der Waals surface area contributed by atoms with Gasteiger partial charge in [0.05, 0.1) is 80.3 Å². The molecular formula is C121H129ClN12O8. The van der Waals surface area contributed by atoms with E-state index in [9.17, 15) is 29.1 Å². The van der Waals surface area contributed by atoms with Crippen molar-refractivity contribution in [3.63, 3.8) is 0 Å². The zero-order valence-corrected chi connectivity index (χ0v) is 82.6. The molecule has 5 aromatic heterocycles. The molecule has 21 heteroatoms. The molecule has 0 bridgehead atoms. The summed E-state index contributed by atoms with van der Waals surface area (Å²) in [6.45, 7) is 14.1. The van der Waals surface area contributed by atoms with Crippen LogP contribution in [0.15, 0.2) is 427 Å². The second-order valence-electron chi connectivity index (χ2n) is 34.3. The predicted octanol–water partition coefficient (Wildman–Crippen LogP) is 24.6. The van der Waals surface area contributed by atoms with Gasteiger partial charge in [-0.1, -0.05) is 398 Å². The molecule has 1 aliphatic heterocycles. The highest BCUT2D eigenvalue weighted by atomic mass is 35.5. The molecule has 12 aromatic carbocycles. The third kappa shape index (κ3) is 24.9. The molecule has 1 amide bonds. The predicted molar refractivity (Wildman–Crippen MR) is 565 cm³/mol. The zero-order chi connectivity index (χ0) is 98.9. The largest absolute Gasteiger partial charge is 0.466 e. The topological polar surface area (TPSA) is 253 Å².